The molecule has 3 heteroatoms. The molecule has 3 nitrogen and oxygen atoms in total. The molecule has 1 atom stereocenters. The van der Waals surface area contributed by atoms with Crippen LogP contribution in [0, 0.1) is 5.92 Å². The van der Waals surface area contributed by atoms with Crippen molar-refractivity contribution in [1.82, 2.24) is 10.2 Å². The van der Waals surface area contributed by atoms with Gasteiger partial charge in [0.05, 0.1) is 17.4 Å². The molecular weight excluding hydrogens is 186 g/mol. The first kappa shape index (κ1) is 10.0. The van der Waals surface area contributed by atoms with Gasteiger partial charge in [0.15, 0.2) is 0 Å². The zero-order valence-electron chi connectivity index (χ0n) is 9.41. The number of rotatable bonds is 3. The smallest absolute Gasteiger partial charge is 0.0881 e. The lowest BCUT2D eigenvalue weighted by Crippen LogP contribution is -2.21. The van der Waals surface area contributed by atoms with Gasteiger partial charge in [0.25, 0.3) is 0 Å². The molecule has 80 valence electrons. The van der Waals surface area contributed by atoms with Crippen LogP contribution in [-0.2, 0) is 0 Å². The van der Waals surface area contributed by atoms with E-state index in [1.807, 2.05) is 12.3 Å². The van der Waals surface area contributed by atoms with Crippen molar-refractivity contribution in [1.29, 1.82) is 0 Å². The topological polar surface area (TPSA) is 40.7 Å². The van der Waals surface area contributed by atoms with Gasteiger partial charge in [-0.1, -0.05) is 26.0 Å². The predicted molar refractivity (Wildman–Crippen MR) is 64.0 cm³/mol. The largest absolute Gasteiger partial charge is 0.381 e. The Hall–Kier alpha value is -1.51. The number of H-pyrrole nitrogens is 1. The summed E-state index contributed by atoms with van der Waals surface area (Å²) in [6.07, 6.45) is 1.85. The fourth-order valence-corrected chi connectivity index (χ4v) is 1.50. The monoisotopic (exact) mass is 203 g/mol. The van der Waals surface area contributed by atoms with Crippen LogP contribution in [0.1, 0.15) is 20.8 Å². The van der Waals surface area contributed by atoms with Gasteiger partial charge < -0.3 is 5.32 Å². The number of fused-ring (bicyclic) bond motifs is 1. The minimum absolute atomic E-state index is 0.457. The molecule has 1 heterocycles. The summed E-state index contributed by atoms with van der Waals surface area (Å²) in [6, 6.07) is 6.65. The van der Waals surface area contributed by atoms with Gasteiger partial charge in [0.2, 0.25) is 0 Å². The number of hydrogen-bond acceptors (Lipinski definition) is 2. The molecule has 0 saturated carbocycles. The number of anilines is 1. The molecule has 0 radical (unpaired) electrons. The normalized spacial score (nSPS) is 13.3. The van der Waals surface area contributed by atoms with E-state index in [9.17, 15) is 0 Å². The van der Waals surface area contributed by atoms with Crippen molar-refractivity contribution in [3.05, 3.63) is 24.4 Å². The van der Waals surface area contributed by atoms with Gasteiger partial charge in [-0.2, -0.15) is 5.10 Å². The highest BCUT2D eigenvalue weighted by Crippen LogP contribution is 2.22. The molecule has 2 aromatic rings. The maximum atomic E-state index is 4.05. The molecule has 0 spiro atoms. The van der Waals surface area contributed by atoms with E-state index in [-0.39, 0.29) is 0 Å². The zero-order chi connectivity index (χ0) is 10.8. The van der Waals surface area contributed by atoms with Gasteiger partial charge >= 0.3 is 0 Å². The number of benzene rings is 1. The second-order valence-corrected chi connectivity index (χ2v) is 4.32. The quantitative estimate of drug-likeness (QED) is 0.805. The average Bonchev–Trinajstić information content (AvgIpc) is 2.66. The van der Waals surface area contributed by atoms with E-state index in [0.717, 1.165) is 16.6 Å². The van der Waals surface area contributed by atoms with E-state index >= 15 is 0 Å². The van der Waals surface area contributed by atoms with Crippen LogP contribution >= 0.6 is 0 Å². The maximum absolute atomic E-state index is 4.05. The third kappa shape index (κ3) is 1.96. The fraction of sp³-hybridized carbons (Fsp3) is 0.417. The van der Waals surface area contributed by atoms with Crippen LogP contribution in [0.15, 0.2) is 24.4 Å². The summed E-state index contributed by atoms with van der Waals surface area (Å²) in [5.41, 5.74) is 2.22. The lowest BCUT2D eigenvalue weighted by atomic mass is 10.1. The van der Waals surface area contributed by atoms with E-state index in [1.54, 1.807) is 0 Å². The van der Waals surface area contributed by atoms with E-state index in [2.05, 4.69) is 48.4 Å². The van der Waals surface area contributed by atoms with Crippen molar-refractivity contribution in [2.75, 3.05) is 5.32 Å². The molecule has 2 N–H and O–H groups in total. The average molecular weight is 203 g/mol. The lowest BCUT2D eigenvalue weighted by Gasteiger charge is -2.19. The van der Waals surface area contributed by atoms with Crippen LogP contribution in [0.2, 0.25) is 0 Å². The van der Waals surface area contributed by atoms with Crippen molar-refractivity contribution < 1.29 is 0 Å². The second-order valence-electron chi connectivity index (χ2n) is 4.32. The van der Waals surface area contributed by atoms with Crippen LogP contribution in [-0.4, -0.2) is 16.2 Å². The number of hydrogen-bond donors (Lipinski definition) is 2. The highest BCUT2D eigenvalue weighted by Gasteiger charge is 2.09. The second kappa shape index (κ2) is 3.93. The lowest BCUT2D eigenvalue weighted by molar-refractivity contribution is 0.560. The van der Waals surface area contributed by atoms with E-state index in [0.29, 0.717) is 12.0 Å². The Bertz CT molecular complexity index is 445. The number of aromatic amines is 1. The Morgan fingerprint density at radius 3 is 2.80 bits per heavy atom. The standard InChI is InChI=1S/C12H17N3/c1-8(2)9(3)14-11-6-4-5-10-7-13-15-12(10)11/h4-9,14H,1-3H3,(H,13,15). The number of nitrogens with one attached hydrogen (secondary N) is 2. The highest BCUT2D eigenvalue weighted by atomic mass is 15.1. The van der Waals surface area contributed by atoms with Crippen molar-refractivity contribution in [2.24, 2.45) is 5.92 Å². The molecule has 0 amide bonds. The summed E-state index contributed by atoms with van der Waals surface area (Å²) in [4.78, 5) is 0. The number of nitrogens with zero attached hydrogens (tertiary/aromatic N) is 1. The summed E-state index contributed by atoms with van der Waals surface area (Å²) in [5, 5.41) is 11.7. The first-order valence-electron chi connectivity index (χ1n) is 5.37. The van der Waals surface area contributed by atoms with Crippen molar-refractivity contribution >= 4 is 16.6 Å². The van der Waals surface area contributed by atoms with E-state index in [4.69, 9.17) is 0 Å². The molecule has 15 heavy (non-hydrogen) atoms. The minimum Gasteiger partial charge on any atom is -0.381 e. The summed E-state index contributed by atoms with van der Waals surface area (Å²) in [6.45, 7) is 6.62. The first-order chi connectivity index (χ1) is 7.18. The molecule has 1 aromatic heterocycles. The predicted octanol–water partition coefficient (Wildman–Crippen LogP) is 3.02. The molecular formula is C12H17N3. The Morgan fingerprint density at radius 1 is 1.27 bits per heavy atom. The minimum atomic E-state index is 0.457. The molecule has 0 aliphatic rings. The Labute approximate surface area is 89.9 Å². The van der Waals surface area contributed by atoms with Gasteiger partial charge in [-0.3, -0.25) is 5.10 Å². The zero-order valence-corrected chi connectivity index (χ0v) is 9.41. The molecule has 1 unspecified atom stereocenters. The summed E-state index contributed by atoms with van der Waals surface area (Å²) < 4.78 is 0. The molecule has 0 aliphatic carbocycles. The molecule has 1 aromatic carbocycles. The van der Waals surface area contributed by atoms with Gasteiger partial charge in [-0.15, -0.1) is 0 Å². The van der Waals surface area contributed by atoms with Gasteiger partial charge in [-0.05, 0) is 18.9 Å². The van der Waals surface area contributed by atoms with Crippen LogP contribution < -0.4 is 5.32 Å². The van der Waals surface area contributed by atoms with Gasteiger partial charge in [0.1, 0.15) is 0 Å². The number of para-hydroxylation sites is 1. The fourth-order valence-electron chi connectivity index (χ4n) is 1.50. The van der Waals surface area contributed by atoms with Crippen molar-refractivity contribution in [2.45, 2.75) is 26.8 Å². The summed E-state index contributed by atoms with van der Waals surface area (Å²) in [7, 11) is 0. The van der Waals surface area contributed by atoms with Gasteiger partial charge in [0, 0.05) is 11.4 Å². The van der Waals surface area contributed by atoms with Crippen LogP contribution in [0.25, 0.3) is 10.9 Å². The SMILES string of the molecule is CC(C)C(C)Nc1cccc2cn[nH]c12. The van der Waals surface area contributed by atoms with Crippen LogP contribution in [0.4, 0.5) is 5.69 Å². The Kier molecular flexibility index (Phi) is 2.62. The van der Waals surface area contributed by atoms with Crippen LogP contribution in [0.3, 0.4) is 0 Å². The molecule has 0 aliphatic heterocycles. The van der Waals surface area contributed by atoms with Gasteiger partial charge in [-0.25, -0.2) is 0 Å². The summed E-state index contributed by atoms with van der Waals surface area (Å²) in [5.74, 6) is 0.614. The van der Waals surface area contributed by atoms with Crippen LogP contribution in [0.5, 0.6) is 0 Å². The van der Waals surface area contributed by atoms with Crippen molar-refractivity contribution in [3.63, 3.8) is 0 Å². The molecule has 0 bridgehead atoms. The Morgan fingerprint density at radius 2 is 2.07 bits per heavy atom. The highest BCUT2D eigenvalue weighted by molar-refractivity contribution is 5.89. The Balaban J connectivity index is 2.31. The maximum Gasteiger partial charge on any atom is 0.0881 e. The summed E-state index contributed by atoms with van der Waals surface area (Å²) >= 11 is 0. The molecule has 0 fully saturated rings. The molecule has 0 saturated heterocycles. The third-order valence-electron chi connectivity index (χ3n) is 2.86. The first-order valence-corrected chi connectivity index (χ1v) is 5.37. The van der Waals surface area contributed by atoms with Crippen molar-refractivity contribution in [3.8, 4) is 0 Å². The van der Waals surface area contributed by atoms with E-state index in [1.165, 1.54) is 0 Å². The third-order valence-corrected chi connectivity index (χ3v) is 2.86. The van der Waals surface area contributed by atoms with E-state index < -0.39 is 0 Å². The molecule has 2 rings (SSSR count). The number of aromatic nitrogens is 2.